The Labute approximate surface area is 159 Å². The van der Waals surface area contributed by atoms with Crippen LogP contribution in [0.15, 0.2) is 11.0 Å². The van der Waals surface area contributed by atoms with E-state index in [-0.39, 0.29) is 29.3 Å². The van der Waals surface area contributed by atoms with Gasteiger partial charge in [-0.3, -0.25) is 4.79 Å². The van der Waals surface area contributed by atoms with Gasteiger partial charge in [-0.2, -0.15) is 0 Å². The predicted octanol–water partition coefficient (Wildman–Crippen LogP) is 2.21. The highest BCUT2D eigenvalue weighted by Gasteiger charge is 2.34. The van der Waals surface area contributed by atoms with Crippen LogP contribution in [0.5, 0.6) is 5.75 Å². The molecule has 1 saturated carbocycles. The number of carboxylic acid groups (broad SMARTS) is 1. The van der Waals surface area contributed by atoms with Gasteiger partial charge in [0, 0.05) is 37.4 Å². The molecule has 2 aromatic rings. The van der Waals surface area contributed by atoms with Crippen LogP contribution in [0.3, 0.4) is 0 Å². The number of piperazine rings is 1. The van der Waals surface area contributed by atoms with Gasteiger partial charge in [0.25, 0.3) is 0 Å². The number of phenols is 1. The van der Waals surface area contributed by atoms with E-state index in [9.17, 15) is 19.8 Å². The molecule has 1 saturated heterocycles. The van der Waals surface area contributed by atoms with Crippen molar-refractivity contribution in [3.8, 4) is 5.75 Å². The lowest BCUT2D eigenvalue weighted by molar-refractivity contribution is 0.0695. The van der Waals surface area contributed by atoms with Crippen LogP contribution in [0.25, 0.3) is 10.9 Å². The molecule has 3 N–H and O–H groups in total. The molecule has 4 rings (SSSR count). The maximum absolute atomic E-state index is 15.6. The maximum Gasteiger partial charge on any atom is 0.341 e. The second-order valence-corrected chi connectivity index (χ2v) is 7.74. The summed E-state index contributed by atoms with van der Waals surface area (Å²) in [7, 11) is 0. The van der Waals surface area contributed by atoms with E-state index in [1.165, 1.54) is 9.47 Å². The minimum Gasteiger partial charge on any atom is -0.504 e. The largest absolute Gasteiger partial charge is 0.504 e. The third-order valence-electron chi connectivity index (χ3n) is 5.35. The Hall–Kier alpha value is -2.68. The second kappa shape index (κ2) is 6.44. The van der Waals surface area contributed by atoms with Gasteiger partial charge in [0.15, 0.2) is 17.4 Å². The minimum absolute atomic E-state index is 0.0274. The lowest BCUT2D eigenvalue weighted by Crippen LogP contribution is -2.54. The summed E-state index contributed by atoms with van der Waals surface area (Å²) < 4.78 is 32.0. The zero-order valence-electron chi connectivity index (χ0n) is 15.5. The fourth-order valence-electron chi connectivity index (χ4n) is 4.09. The number of nitrogens with one attached hydrogen (secondary N) is 1. The van der Waals surface area contributed by atoms with Crippen molar-refractivity contribution in [1.82, 2.24) is 9.88 Å². The highest BCUT2D eigenvalue weighted by atomic mass is 19.1. The van der Waals surface area contributed by atoms with Gasteiger partial charge in [-0.1, -0.05) is 0 Å². The summed E-state index contributed by atoms with van der Waals surface area (Å²) >= 11 is 0. The highest BCUT2D eigenvalue weighted by molar-refractivity contribution is 5.96. The number of rotatable bonds is 3. The van der Waals surface area contributed by atoms with Gasteiger partial charge < -0.3 is 25.0 Å². The Morgan fingerprint density at radius 1 is 1.18 bits per heavy atom. The van der Waals surface area contributed by atoms with E-state index in [0.717, 1.165) is 6.20 Å². The number of benzene rings is 1. The number of aromatic nitrogens is 1. The van der Waals surface area contributed by atoms with Crippen molar-refractivity contribution in [1.29, 1.82) is 0 Å². The smallest absolute Gasteiger partial charge is 0.341 e. The second-order valence-electron chi connectivity index (χ2n) is 7.74. The number of halogens is 2. The van der Waals surface area contributed by atoms with Crippen molar-refractivity contribution in [3.05, 3.63) is 33.6 Å². The summed E-state index contributed by atoms with van der Waals surface area (Å²) in [6, 6.07) is -0.241. The molecule has 28 heavy (non-hydrogen) atoms. The Bertz CT molecular complexity index is 1040. The number of carbonyl (C=O) groups is 1. The normalized spacial score (nSPS) is 22.6. The fraction of sp³-hybridized carbons (Fsp3) is 0.474. The van der Waals surface area contributed by atoms with Crippen LogP contribution in [0, 0.1) is 11.6 Å². The summed E-state index contributed by atoms with van der Waals surface area (Å²) in [5.74, 6) is -4.70. The van der Waals surface area contributed by atoms with Gasteiger partial charge in [-0.25, -0.2) is 13.6 Å². The summed E-state index contributed by atoms with van der Waals surface area (Å²) in [5.41, 5.74) is -2.35. The number of nitrogens with zero attached hydrogens (tertiary/aromatic N) is 2. The van der Waals surface area contributed by atoms with Gasteiger partial charge in [0.1, 0.15) is 11.3 Å². The topological polar surface area (TPSA) is 94.8 Å². The number of anilines is 1. The van der Waals surface area contributed by atoms with Crippen molar-refractivity contribution >= 4 is 22.6 Å². The third kappa shape index (κ3) is 2.81. The van der Waals surface area contributed by atoms with Gasteiger partial charge >= 0.3 is 5.97 Å². The standard InChI is InChI=1S/C19H21F2N3O4/c1-8-5-23(6-9(2)22-8)16-13(20)15-12(18(26)14(16)21)17(25)11(19(27)28)7-24(15)10-3-4-10/h7-10,22,26H,3-6H2,1-2H3,(H,27,28)/t8-,9+. The molecular weight excluding hydrogens is 372 g/mol. The molecule has 1 aromatic heterocycles. The van der Waals surface area contributed by atoms with E-state index >= 15 is 8.78 Å². The zero-order valence-corrected chi connectivity index (χ0v) is 15.5. The van der Waals surface area contributed by atoms with Crippen molar-refractivity contribution in [2.45, 2.75) is 44.8 Å². The molecule has 2 heterocycles. The molecule has 2 atom stereocenters. The van der Waals surface area contributed by atoms with Crippen molar-refractivity contribution < 1.29 is 23.8 Å². The first-order valence-corrected chi connectivity index (χ1v) is 9.23. The van der Waals surface area contributed by atoms with Crippen LogP contribution in [0.1, 0.15) is 43.1 Å². The first-order valence-electron chi connectivity index (χ1n) is 9.23. The van der Waals surface area contributed by atoms with Gasteiger partial charge in [-0.15, -0.1) is 0 Å². The molecule has 2 fully saturated rings. The molecule has 0 bridgehead atoms. The number of carboxylic acids is 1. The Balaban J connectivity index is 2.05. The molecule has 0 amide bonds. The van der Waals surface area contributed by atoms with Gasteiger partial charge in [0.05, 0.1) is 10.9 Å². The molecule has 0 unspecified atom stereocenters. The quantitative estimate of drug-likeness (QED) is 0.740. The van der Waals surface area contributed by atoms with E-state index < -0.39 is 39.7 Å². The van der Waals surface area contributed by atoms with Crippen LogP contribution in [-0.2, 0) is 0 Å². The van der Waals surface area contributed by atoms with E-state index in [2.05, 4.69) is 5.32 Å². The van der Waals surface area contributed by atoms with Crippen LogP contribution in [0.4, 0.5) is 14.5 Å². The maximum atomic E-state index is 15.6. The summed E-state index contributed by atoms with van der Waals surface area (Å²) in [6.45, 7) is 4.42. The third-order valence-corrected chi connectivity index (χ3v) is 5.35. The number of phenolic OH excluding ortho intramolecular Hbond substituents is 1. The van der Waals surface area contributed by atoms with Gasteiger partial charge in [-0.05, 0) is 26.7 Å². The lowest BCUT2D eigenvalue weighted by Gasteiger charge is -2.38. The molecule has 1 aromatic carbocycles. The van der Waals surface area contributed by atoms with E-state index in [1.54, 1.807) is 0 Å². The summed E-state index contributed by atoms with van der Waals surface area (Å²) in [6.07, 6.45) is 2.47. The molecule has 7 nitrogen and oxygen atoms in total. The number of hydrogen-bond donors (Lipinski definition) is 3. The molecule has 9 heteroatoms. The van der Waals surface area contributed by atoms with E-state index in [1.807, 2.05) is 13.8 Å². The van der Waals surface area contributed by atoms with Crippen LogP contribution >= 0.6 is 0 Å². The lowest BCUT2D eigenvalue weighted by atomic mass is 10.0. The molecule has 1 aliphatic carbocycles. The van der Waals surface area contributed by atoms with E-state index in [0.29, 0.717) is 25.9 Å². The van der Waals surface area contributed by atoms with Crippen LogP contribution in [0.2, 0.25) is 0 Å². The SMILES string of the molecule is C[C@@H]1CN(c2c(F)c(O)c3c(=O)c(C(=O)O)cn(C4CC4)c3c2F)C[C@H](C)N1. The number of hydrogen-bond acceptors (Lipinski definition) is 5. The number of pyridine rings is 1. The van der Waals surface area contributed by atoms with Gasteiger partial charge in [0.2, 0.25) is 5.43 Å². The Morgan fingerprint density at radius 3 is 2.32 bits per heavy atom. The van der Waals surface area contributed by atoms with Crippen molar-refractivity contribution in [2.24, 2.45) is 0 Å². The van der Waals surface area contributed by atoms with Crippen molar-refractivity contribution in [3.63, 3.8) is 0 Å². The van der Waals surface area contributed by atoms with Crippen LogP contribution < -0.4 is 15.6 Å². The molecule has 1 aliphatic heterocycles. The predicted molar refractivity (Wildman–Crippen MR) is 99.3 cm³/mol. The first-order chi connectivity index (χ1) is 13.2. The highest BCUT2D eigenvalue weighted by Crippen LogP contribution is 2.42. The van der Waals surface area contributed by atoms with Crippen molar-refractivity contribution in [2.75, 3.05) is 18.0 Å². The average molecular weight is 393 g/mol. The monoisotopic (exact) mass is 393 g/mol. The van der Waals surface area contributed by atoms with Crippen LogP contribution in [-0.4, -0.2) is 45.9 Å². The minimum atomic E-state index is -1.50. The molecule has 2 aliphatic rings. The number of fused-ring (bicyclic) bond motifs is 1. The van der Waals surface area contributed by atoms with E-state index in [4.69, 9.17) is 0 Å². The fourth-order valence-corrected chi connectivity index (χ4v) is 4.09. The Kier molecular flexibility index (Phi) is 4.29. The molecule has 0 spiro atoms. The summed E-state index contributed by atoms with van der Waals surface area (Å²) in [4.78, 5) is 25.5. The Morgan fingerprint density at radius 2 is 1.79 bits per heavy atom. The molecule has 150 valence electrons. The average Bonchev–Trinajstić information content (AvgIpc) is 3.43. The number of aromatic carboxylic acids is 1. The number of aromatic hydroxyl groups is 1. The zero-order chi connectivity index (χ0) is 20.3. The first kappa shape index (κ1) is 18.7. The summed E-state index contributed by atoms with van der Waals surface area (Å²) in [5, 5.41) is 22.4. The molecule has 0 radical (unpaired) electrons. The molecular formula is C19H21F2N3O4.